The summed E-state index contributed by atoms with van der Waals surface area (Å²) in [5.74, 6) is 0.509. The van der Waals surface area contributed by atoms with Crippen LogP contribution in [0.15, 0.2) is 31.0 Å². The van der Waals surface area contributed by atoms with Gasteiger partial charge in [-0.25, -0.2) is 9.67 Å². The average molecular weight is 327 g/mol. The Morgan fingerprint density at radius 2 is 2.08 bits per heavy atom. The molecule has 0 fully saturated rings. The van der Waals surface area contributed by atoms with E-state index in [0.29, 0.717) is 17.3 Å². The van der Waals surface area contributed by atoms with Crippen molar-refractivity contribution in [3.05, 3.63) is 31.0 Å². The van der Waals surface area contributed by atoms with Crippen LogP contribution in [0.25, 0.3) is 11.3 Å². The molecule has 0 saturated carbocycles. The highest BCUT2D eigenvalue weighted by Gasteiger charge is 2.10. The summed E-state index contributed by atoms with van der Waals surface area (Å²) in [6.07, 6.45) is 8.03. The highest BCUT2D eigenvalue weighted by Crippen LogP contribution is 2.15. The molecule has 0 unspecified atom stereocenters. The van der Waals surface area contributed by atoms with Gasteiger partial charge in [0.05, 0.1) is 30.5 Å². The summed E-state index contributed by atoms with van der Waals surface area (Å²) < 4.78 is 3.18. The number of anilines is 2. The zero-order chi connectivity index (χ0) is 17.1. The number of rotatable bonds is 5. The molecular weight excluding hydrogens is 310 g/mol. The highest BCUT2D eigenvalue weighted by molar-refractivity contribution is 5.89. The molecule has 3 rings (SSSR count). The maximum Gasteiger partial charge on any atom is 0.247 e. The second-order valence-corrected chi connectivity index (χ2v) is 5.48. The van der Waals surface area contributed by atoms with Crippen LogP contribution in [0.2, 0.25) is 0 Å². The van der Waals surface area contributed by atoms with Gasteiger partial charge in [-0.1, -0.05) is 5.21 Å². The van der Waals surface area contributed by atoms with E-state index >= 15 is 0 Å². The SMILES string of the molecule is CC(C)n1cc(NC(=O)Cn2cc(-c3cnc(N)cn3)cn2)nn1. The van der Waals surface area contributed by atoms with Crippen LogP contribution in [0.4, 0.5) is 11.6 Å². The molecule has 0 aliphatic rings. The van der Waals surface area contributed by atoms with Crippen molar-refractivity contribution < 1.29 is 4.79 Å². The molecule has 0 atom stereocenters. The molecule has 24 heavy (non-hydrogen) atoms. The van der Waals surface area contributed by atoms with Crippen LogP contribution >= 0.6 is 0 Å². The zero-order valence-electron chi connectivity index (χ0n) is 13.3. The molecule has 10 nitrogen and oxygen atoms in total. The summed E-state index contributed by atoms with van der Waals surface area (Å²) in [6, 6.07) is 0.179. The molecule has 0 bridgehead atoms. The molecule has 3 aromatic rings. The largest absolute Gasteiger partial charge is 0.382 e. The third-order valence-corrected chi connectivity index (χ3v) is 3.21. The summed E-state index contributed by atoms with van der Waals surface area (Å²) in [7, 11) is 0. The van der Waals surface area contributed by atoms with E-state index in [9.17, 15) is 4.79 Å². The Bertz CT molecular complexity index is 834. The lowest BCUT2D eigenvalue weighted by atomic mass is 10.3. The number of carbonyl (C=O) groups is 1. The van der Waals surface area contributed by atoms with E-state index in [-0.39, 0.29) is 18.5 Å². The predicted octanol–water partition coefficient (Wildman–Crippen LogP) is 0.733. The van der Waals surface area contributed by atoms with Gasteiger partial charge in [-0.05, 0) is 13.8 Å². The number of nitrogens with one attached hydrogen (secondary N) is 1. The van der Waals surface area contributed by atoms with Crippen molar-refractivity contribution in [1.82, 2.24) is 34.7 Å². The molecule has 10 heteroatoms. The number of amides is 1. The van der Waals surface area contributed by atoms with E-state index in [4.69, 9.17) is 5.73 Å². The molecule has 0 aliphatic carbocycles. The fraction of sp³-hybridized carbons (Fsp3) is 0.286. The summed E-state index contributed by atoms with van der Waals surface area (Å²) in [4.78, 5) is 20.2. The van der Waals surface area contributed by atoms with Crippen molar-refractivity contribution in [3.63, 3.8) is 0 Å². The number of hydrogen-bond donors (Lipinski definition) is 2. The van der Waals surface area contributed by atoms with E-state index in [0.717, 1.165) is 5.56 Å². The lowest BCUT2D eigenvalue weighted by Gasteiger charge is -2.02. The average Bonchev–Trinajstić information content (AvgIpc) is 3.17. The molecule has 0 saturated heterocycles. The fourth-order valence-electron chi connectivity index (χ4n) is 1.99. The summed E-state index contributed by atoms with van der Waals surface area (Å²) >= 11 is 0. The zero-order valence-corrected chi connectivity index (χ0v) is 13.3. The number of nitrogen functional groups attached to an aromatic ring is 1. The van der Waals surface area contributed by atoms with Crippen LogP contribution in [0.3, 0.4) is 0 Å². The lowest BCUT2D eigenvalue weighted by molar-refractivity contribution is -0.116. The van der Waals surface area contributed by atoms with Crippen molar-refractivity contribution in [2.75, 3.05) is 11.1 Å². The number of hydrogen-bond acceptors (Lipinski definition) is 7. The van der Waals surface area contributed by atoms with Gasteiger partial charge in [0.25, 0.3) is 0 Å². The number of carbonyl (C=O) groups excluding carboxylic acids is 1. The van der Waals surface area contributed by atoms with Gasteiger partial charge in [0.1, 0.15) is 12.4 Å². The molecular formula is C14H17N9O. The minimum atomic E-state index is -0.246. The first-order valence-corrected chi connectivity index (χ1v) is 7.33. The molecule has 3 heterocycles. The van der Waals surface area contributed by atoms with Crippen LogP contribution in [0.5, 0.6) is 0 Å². The summed E-state index contributed by atoms with van der Waals surface area (Å²) in [5, 5.41) is 14.7. The third kappa shape index (κ3) is 3.54. The maximum absolute atomic E-state index is 12.1. The van der Waals surface area contributed by atoms with E-state index in [1.54, 1.807) is 29.5 Å². The standard InChI is InChI=1S/C14H17N9O/c1-9(2)23-7-13(20-21-23)19-14(24)8-22-6-10(3-18-22)11-4-17-12(15)5-16-11/h3-7,9H,8H2,1-2H3,(H2,15,17)(H,19,24). The Labute approximate surface area is 137 Å². The van der Waals surface area contributed by atoms with E-state index in [1.165, 1.54) is 10.9 Å². The summed E-state index contributed by atoms with van der Waals surface area (Å²) in [5.41, 5.74) is 6.90. The Morgan fingerprint density at radius 1 is 1.25 bits per heavy atom. The first-order valence-electron chi connectivity index (χ1n) is 7.33. The lowest BCUT2D eigenvalue weighted by Crippen LogP contribution is -2.19. The highest BCUT2D eigenvalue weighted by atomic mass is 16.2. The Balaban J connectivity index is 1.63. The minimum Gasteiger partial charge on any atom is -0.382 e. The van der Waals surface area contributed by atoms with E-state index < -0.39 is 0 Å². The van der Waals surface area contributed by atoms with Gasteiger partial charge in [0.2, 0.25) is 5.91 Å². The van der Waals surface area contributed by atoms with Crippen LogP contribution in [0, 0.1) is 0 Å². The molecule has 124 valence electrons. The van der Waals surface area contributed by atoms with Crippen molar-refractivity contribution in [1.29, 1.82) is 0 Å². The topological polar surface area (TPSA) is 129 Å². The molecule has 0 aromatic carbocycles. The normalized spacial score (nSPS) is 11.0. The van der Waals surface area contributed by atoms with Gasteiger partial charge in [-0.15, -0.1) is 5.10 Å². The Kier molecular flexibility index (Phi) is 4.18. The van der Waals surface area contributed by atoms with Crippen LogP contribution in [0.1, 0.15) is 19.9 Å². The fourth-order valence-corrected chi connectivity index (χ4v) is 1.99. The first kappa shape index (κ1) is 15.6. The van der Waals surface area contributed by atoms with Gasteiger partial charge in [-0.3, -0.25) is 14.5 Å². The second kappa shape index (κ2) is 6.44. The van der Waals surface area contributed by atoms with E-state index in [1.807, 2.05) is 13.8 Å². The van der Waals surface area contributed by atoms with Crippen LogP contribution in [-0.4, -0.2) is 40.6 Å². The van der Waals surface area contributed by atoms with Gasteiger partial charge >= 0.3 is 0 Å². The maximum atomic E-state index is 12.1. The van der Waals surface area contributed by atoms with Crippen LogP contribution in [-0.2, 0) is 11.3 Å². The van der Waals surface area contributed by atoms with Gasteiger partial charge in [0.15, 0.2) is 5.82 Å². The van der Waals surface area contributed by atoms with Crippen molar-refractivity contribution in [3.8, 4) is 11.3 Å². The van der Waals surface area contributed by atoms with Crippen LogP contribution < -0.4 is 11.1 Å². The quantitative estimate of drug-likeness (QED) is 0.706. The minimum absolute atomic E-state index is 0.0525. The number of nitrogens with two attached hydrogens (primary N) is 1. The third-order valence-electron chi connectivity index (χ3n) is 3.21. The van der Waals surface area contributed by atoms with Crippen molar-refractivity contribution >= 4 is 17.5 Å². The Hall–Kier alpha value is -3.30. The molecule has 3 N–H and O–H groups in total. The molecule has 0 spiro atoms. The number of nitrogens with zero attached hydrogens (tertiary/aromatic N) is 7. The van der Waals surface area contributed by atoms with Gasteiger partial charge in [0, 0.05) is 17.8 Å². The summed E-state index contributed by atoms with van der Waals surface area (Å²) in [6.45, 7) is 4.01. The molecule has 1 amide bonds. The monoisotopic (exact) mass is 327 g/mol. The Morgan fingerprint density at radius 3 is 2.75 bits per heavy atom. The number of aromatic nitrogens is 7. The first-order chi connectivity index (χ1) is 11.5. The van der Waals surface area contributed by atoms with Gasteiger partial charge < -0.3 is 11.1 Å². The van der Waals surface area contributed by atoms with E-state index in [2.05, 4.69) is 30.7 Å². The van der Waals surface area contributed by atoms with Crippen molar-refractivity contribution in [2.24, 2.45) is 0 Å². The van der Waals surface area contributed by atoms with Gasteiger partial charge in [-0.2, -0.15) is 5.10 Å². The predicted molar refractivity (Wildman–Crippen MR) is 86.7 cm³/mol. The molecule has 0 aliphatic heterocycles. The molecule has 3 aromatic heterocycles. The van der Waals surface area contributed by atoms with Crippen molar-refractivity contribution in [2.45, 2.75) is 26.4 Å². The second-order valence-electron chi connectivity index (χ2n) is 5.48. The smallest absolute Gasteiger partial charge is 0.247 e. The molecule has 0 radical (unpaired) electrons.